The van der Waals surface area contributed by atoms with Gasteiger partial charge in [0.15, 0.2) is 17.5 Å². The third-order valence-corrected chi connectivity index (χ3v) is 4.85. The van der Waals surface area contributed by atoms with Crippen molar-refractivity contribution in [3.05, 3.63) is 90.5 Å². The second-order valence-electron chi connectivity index (χ2n) is 6.56. The molecule has 4 aromatic rings. The minimum absolute atomic E-state index is 0.684. The smallest absolute Gasteiger partial charge is 0.164 e. The molecule has 1 heterocycles. The Labute approximate surface area is 171 Å². The highest BCUT2D eigenvalue weighted by molar-refractivity contribution is 7.80. The van der Waals surface area contributed by atoms with Gasteiger partial charge in [-0.2, -0.15) is 12.6 Å². The van der Waals surface area contributed by atoms with E-state index in [-0.39, 0.29) is 0 Å². The van der Waals surface area contributed by atoms with Crippen molar-refractivity contribution in [1.82, 2.24) is 15.0 Å². The molecule has 3 nitrogen and oxygen atoms in total. The van der Waals surface area contributed by atoms with Gasteiger partial charge in [-0.1, -0.05) is 84.9 Å². The van der Waals surface area contributed by atoms with Crippen molar-refractivity contribution >= 4 is 12.6 Å². The molecule has 0 saturated carbocycles. The zero-order chi connectivity index (χ0) is 19.2. The largest absolute Gasteiger partial charge is 0.208 e. The Morgan fingerprint density at radius 2 is 0.964 bits per heavy atom. The second-order valence-corrected chi connectivity index (χ2v) is 7.01. The van der Waals surface area contributed by atoms with E-state index in [9.17, 15) is 0 Å². The fraction of sp³-hybridized carbons (Fsp3) is 0.125. The Bertz CT molecular complexity index is 975. The SMILES string of the molecule is SCCCc1ccc(-c2nc(-c3ccccc3)nc(-c3ccccc3)n2)cc1. The lowest BCUT2D eigenvalue weighted by atomic mass is 10.1. The molecule has 4 heteroatoms. The highest BCUT2D eigenvalue weighted by atomic mass is 32.1. The molecule has 0 bridgehead atoms. The molecule has 1 aromatic heterocycles. The molecule has 0 aliphatic rings. The van der Waals surface area contributed by atoms with Crippen molar-refractivity contribution in [1.29, 1.82) is 0 Å². The number of benzene rings is 3. The number of aryl methyl sites for hydroxylation is 1. The van der Waals surface area contributed by atoms with Crippen LogP contribution in [0.1, 0.15) is 12.0 Å². The van der Waals surface area contributed by atoms with Crippen molar-refractivity contribution in [2.24, 2.45) is 0 Å². The van der Waals surface area contributed by atoms with Crippen molar-refractivity contribution in [3.63, 3.8) is 0 Å². The Hall–Kier alpha value is -2.98. The second kappa shape index (κ2) is 8.81. The predicted molar refractivity (Wildman–Crippen MR) is 118 cm³/mol. The molecule has 28 heavy (non-hydrogen) atoms. The molecule has 0 atom stereocenters. The van der Waals surface area contributed by atoms with Gasteiger partial charge in [0.25, 0.3) is 0 Å². The molecule has 3 aromatic carbocycles. The zero-order valence-corrected chi connectivity index (χ0v) is 16.4. The van der Waals surface area contributed by atoms with Gasteiger partial charge in [0.1, 0.15) is 0 Å². The quantitative estimate of drug-likeness (QED) is 0.432. The van der Waals surface area contributed by atoms with Crippen LogP contribution in [0.5, 0.6) is 0 Å². The van der Waals surface area contributed by atoms with Crippen LogP contribution in [0.4, 0.5) is 0 Å². The molecule has 138 valence electrons. The summed E-state index contributed by atoms with van der Waals surface area (Å²) in [5, 5.41) is 0. The van der Waals surface area contributed by atoms with Crippen LogP contribution in [0.25, 0.3) is 34.2 Å². The summed E-state index contributed by atoms with van der Waals surface area (Å²) in [5.74, 6) is 2.96. The van der Waals surface area contributed by atoms with Gasteiger partial charge in [-0.15, -0.1) is 0 Å². The molecule has 0 radical (unpaired) electrons. The molecule has 0 N–H and O–H groups in total. The maximum atomic E-state index is 4.76. The van der Waals surface area contributed by atoms with Gasteiger partial charge in [0.05, 0.1) is 0 Å². The minimum Gasteiger partial charge on any atom is -0.208 e. The molecular formula is C24H21N3S. The summed E-state index contributed by atoms with van der Waals surface area (Å²) in [7, 11) is 0. The summed E-state index contributed by atoms with van der Waals surface area (Å²) in [5.41, 5.74) is 4.26. The average Bonchev–Trinajstić information content (AvgIpc) is 2.79. The van der Waals surface area contributed by atoms with Gasteiger partial charge in [-0.05, 0) is 24.2 Å². The summed E-state index contributed by atoms with van der Waals surface area (Å²) in [4.78, 5) is 14.2. The summed E-state index contributed by atoms with van der Waals surface area (Å²) in [6.45, 7) is 0. The lowest BCUT2D eigenvalue weighted by molar-refractivity contribution is 0.936. The molecule has 0 amide bonds. The lowest BCUT2D eigenvalue weighted by Gasteiger charge is -2.09. The van der Waals surface area contributed by atoms with Gasteiger partial charge in [0.2, 0.25) is 0 Å². The van der Waals surface area contributed by atoms with E-state index >= 15 is 0 Å². The first kappa shape index (κ1) is 18.4. The Morgan fingerprint density at radius 3 is 1.39 bits per heavy atom. The first-order valence-electron chi connectivity index (χ1n) is 9.40. The molecule has 0 aliphatic heterocycles. The van der Waals surface area contributed by atoms with Crippen LogP contribution in [0.2, 0.25) is 0 Å². The van der Waals surface area contributed by atoms with E-state index in [0.717, 1.165) is 35.3 Å². The normalized spacial score (nSPS) is 10.8. The van der Waals surface area contributed by atoms with E-state index in [1.165, 1.54) is 5.56 Å². The van der Waals surface area contributed by atoms with Crippen LogP contribution in [0, 0.1) is 0 Å². The van der Waals surface area contributed by atoms with Crippen molar-refractivity contribution in [2.75, 3.05) is 5.75 Å². The van der Waals surface area contributed by atoms with E-state index in [4.69, 9.17) is 15.0 Å². The highest BCUT2D eigenvalue weighted by Crippen LogP contribution is 2.24. The topological polar surface area (TPSA) is 38.7 Å². The summed E-state index contributed by atoms with van der Waals surface area (Å²) >= 11 is 4.29. The molecule has 0 saturated heterocycles. The number of thiol groups is 1. The van der Waals surface area contributed by atoms with Crippen molar-refractivity contribution < 1.29 is 0 Å². The predicted octanol–water partition coefficient (Wildman–Crippen LogP) is 5.74. The number of nitrogens with zero attached hydrogens (tertiary/aromatic N) is 3. The third-order valence-electron chi connectivity index (χ3n) is 4.54. The molecule has 0 spiro atoms. The summed E-state index contributed by atoms with van der Waals surface area (Å²) in [6, 6.07) is 28.5. The van der Waals surface area contributed by atoms with E-state index < -0.39 is 0 Å². The van der Waals surface area contributed by atoms with Gasteiger partial charge in [0, 0.05) is 16.7 Å². The number of hydrogen-bond acceptors (Lipinski definition) is 4. The average molecular weight is 384 g/mol. The number of hydrogen-bond donors (Lipinski definition) is 1. The molecule has 0 aliphatic carbocycles. The molecule has 0 unspecified atom stereocenters. The van der Waals surface area contributed by atoms with Crippen molar-refractivity contribution in [3.8, 4) is 34.2 Å². The third kappa shape index (κ3) is 4.29. The molecule has 4 rings (SSSR count). The first-order chi connectivity index (χ1) is 13.8. The van der Waals surface area contributed by atoms with E-state index in [1.54, 1.807) is 0 Å². The van der Waals surface area contributed by atoms with Crippen LogP contribution in [0.15, 0.2) is 84.9 Å². The van der Waals surface area contributed by atoms with Gasteiger partial charge < -0.3 is 0 Å². The summed E-state index contributed by atoms with van der Waals surface area (Å²) in [6.07, 6.45) is 2.11. The Morgan fingerprint density at radius 1 is 0.536 bits per heavy atom. The van der Waals surface area contributed by atoms with Crippen molar-refractivity contribution in [2.45, 2.75) is 12.8 Å². The number of rotatable bonds is 6. The summed E-state index contributed by atoms with van der Waals surface area (Å²) < 4.78 is 0. The van der Waals surface area contributed by atoms with Crippen LogP contribution < -0.4 is 0 Å². The lowest BCUT2D eigenvalue weighted by Crippen LogP contribution is -2.00. The van der Waals surface area contributed by atoms with Gasteiger partial charge in [-0.3, -0.25) is 0 Å². The van der Waals surface area contributed by atoms with Crippen LogP contribution in [-0.4, -0.2) is 20.7 Å². The molecule has 0 fully saturated rings. The minimum atomic E-state index is 0.684. The van der Waals surface area contributed by atoms with E-state index in [2.05, 4.69) is 36.9 Å². The zero-order valence-electron chi connectivity index (χ0n) is 15.5. The fourth-order valence-corrected chi connectivity index (χ4v) is 3.20. The Kier molecular flexibility index (Phi) is 5.78. The monoisotopic (exact) mass is 383 g/mol. The maximum Gasteiger partial charge on any atom is 0.164 e. The standard InChI is InChI=1S/C24H21N3S/c28-17-7-8-18-13-15-21(16-14-18)24-26-22(19-9-3-1-4-10-19)25-23(27-24)20-11-5-2-6-12-20/h1-6,9-16,28H,7-8,17H2. The Balaban J connectivity index is 1.78. The first-order valence-corrected chi connectivity index (χ1v) is 10.0. The fourth-order valence-electron chi connectivity index (χ4n) is 3.04. The van der Waals surface area contributed by atoms with E-state index in [0.29, 0.717) is 17.5 Å². The van der Waals surface area contributed by atoms with Crippen LogP contribution in [0.3, 0.4) is 0 Å². The van der Waals surface area contributed by atoms with Gasteiger partial charge in [-0.25, -0.2) is 15.0 Å². The van der Waals surface area contributed by atoms with Crippen LogP contribution >= 0.6 is 12.6 Å². The molecular weight excluding hydrogens is 362 g/mol. The van der Waals surface area contributed by atoms with Crippen LogP contribution in [-0.2, 0) is 6.42 Å². The van der Waals surface area contributed by atoms with Gasteiger partial charge >= 0.3 is 0 Å². The van der Waals surface area contributed by atoms with E-state index in [1.807, 2.05) is 60.7 Å². The highest BCUT2D eigenvalue weighted by Gasteiger charge is 2.11. The maximum absolute atomic E-state index is 4.76. The number of aromatic nitrogens is 3.